The van der Waals surface area contributed by atoms with Crippen molar-refractivity contribution in [1.82, 2.24) is 9.80 Å². The van der Waals surface area contributed by atoms with Gasteiger partial charge in [0.15, 0.2) is 0 Å². The topological polar surface area (TPSA) is 52.6 Å². The predicted molar refractivity (Wildman–Crippen MR) is 149 cm³/mol. The molecule has 0 spiro atoms. The van der Waals surface area contributed by atoms with Gasteiger partial charge in [0.1, 0.15) is 0 Å². The SMILES string of the molecule is [Cd+2].[O-]C(=S)N(Cc1ccccc1)Cc1ccccc1.[O-]C(=S)N(Cc1ccccc1)Cc1ccccc1. The molecule has 0 aliphatic carbocycles. The van der Waals surface area contributed by atoms with Gasteiger partial charge in [0, 0.05) is 36.5 Å². The van der Waals surface area contributed by atoms with E-state index in [0.29, 0.717) is 26.2 Å². The van der Waals surface area contributed by atoms with Crippen molar-refractivity contribution in [3.8, 4) is 0 Å². The molecule has 4 aromatic rings. The summed E-state index contributed by atoms with van der Waals surface area (Å²) in [5, 5.41) is 22.4. The Bertz CT molecular complexity index is 1020. The van der Waals surface area contributed by atoms with Crippen molar-refractivity contribution < 1.29 is 37.5 Å². The maximum absolute atomic E-state index is 11.5. The molecule has 0 aromatic heterocycles. The van der Waals surface area contributed by atoms with Crippen molar-refractivity contribution in [3.63, 3.8) is 0 Å². The zero-order chi connectivity index (χ0) is 25.6. The van der Waals surface area contributed by atoms with Gasteiger partial charge in [0.2, 0.25) is 0 Å². The van der Waals surface area contributed by atoms with E-state index in [9.17, 15) is 10.2 Å². The van der Waals surface area contributed by atoms with Crippen molar-refractivity contribution in [1.29, 1.82) is 0 Å². The second-order valence-corrected chi connectivity index (χ2v) is 8.88. The Hall–Kier alpha value is -2.82. The number of thiocarbonyl (C=S) groups is 2. The molecule has 7 heteroatoms. The first kappa shape index (κ1) is 30.4. The average molecular weight is 625 g/mol. The normalized spacial score (nSPS) is 9.73. The third kappa shape index (κ3) is 11.4. The monoisotopic (exact) mass is 626 g/mol. The molecule has 0 bridgehead atoms. The smallest absolute Gasteiger partial charge is 0.852 e. The van der Waals surface area contributed by atoms with Crippen molar-refractivity contribution in [2.45, 2.75) is 26.2 Å². The summed E-state index contributed by atoms with van der Waals surface area (Å²) in [7, 11) is 0. The van der Waals surface area contributed by atoms with E-state index in [0.717, 1.165) is 22.3 Å². The van der Waals surface area contributed by atoms with Crippen LogP contribution >= 0.6 is 24.4 Å². The Kier molecular flexibility index (Phi) is 13.8. The number of rotatable bonds is 8. The molecular formula is C30H28CdN2O2S2. The van der Waals surface area contributed by atoms with Gasteiger partial charge < -0.3 is 20.0 Å². The maximum atomic E-state index is 11.5. The quantitative estimate of drug-likeness (QED) is 0.210. The molecule has 0 aliphatic heterocycles. The predicted octanol–water partition coefficient (Wildman–Crippen LogP) is 4.67. The molecule has 0 amide bonds. The second kappa shape index (κ2) is 16.8. The third-order valence-electron chi connectivity index (χ3n) is 5.38. The van der Waals surface area contributed by atoms with E-state index in [1.165, 1.54) is 0 Å². The zero-order valence-electron chi connectivity index (χ0n) is 20.6. The summed E-state index contributed by atoms with van der Waals surface area (Å²) < 4.78 is 0. The van der Waals surface area contributed by atoms with Crippen molar-refractivity contribution in [2.75, 3.05) is 0 Å². The van der Waals surface area contributed by atoms with Crippen LogP contribution in [-0.4, -0.2) is 20.1 Å². The van der Waals surface area contributed by atoms with Gasteiger partial charge in [-0.3, -0.25) is 0 Å². The summed E-state index contributed by atoms with van der Waals surface area (Å²) in [6.07, 6.45) is 0. The molecule has 0 unspecified atom stereocenters. The maximum Gasteiger partial charge on any atom is 2.00 e. The largest absolute Gasteiger partial charge is 2.00 e. The molecule has 0 saturated heterocycles. The summed E-state index contributed by atoms with van der Waals surface area (Å²) in [6, 6.07) is 39.5. The van der Waals surface area contributed by atoms with Crippen molar-refractivity contribution >= 4 is 34.8 Å². The van der Waals surface area contributed by atoms with E-state index in [1.54, 1.807) is 9.80 Å². The molecule has 0 atom stereocenters. The minimum Gasteiger partial charge on any atom is -0.852 e. The van der Waals surface area contributed by atoms with Gasteiger partial charge in [-0.15, -0.1) is 0 Å². The Labute approximate surface area is 250 Å². The van der Waals surface area contributed by atoms with Gasteiger partial charge in [-0.2, -0.15) is 0 Å². The minimum atomic E-state index is -0.317. The van der Waals surface area contributed by atoms with E-state index in [1.807, 2.05) is 121 Å². The Morgan fingerprint density at radius 2 is 0.622 bits per heavy atom. The molecule has 4 aromatic carbocycles. The molecule has 184 valence electrons. The molecule has 0 saturated carbocycles. The van der Waals surface area contributed by atoms with Crippen LogP contribution in [0.25, 0.3) is 0 Å². The molecule has 0 radical (unpaired) electrons. The molecule has 37 heavy (non-hydrogen) atoms. The van der Waals surface area contributed by atoms with E-state index in [-0.39, 0.29) is 37.6 Å². The van der Waals surface area contributed by atoms with Gasteiger partial charge in [-0.05, 0) is 22.3 Å². The number of benzene rings is 4. The first-order chi connectivity index (χ1) is 17.5. The number of hydrogen-bond acceptors (Lipinski definition) is 4. The van der Waals surface area contributed by atoms with Crippen LogP contribution in [0.5, 0.6) is 0 Å². The van der Waals surface area contributed by atoms with Gasteiger partial charge >= 0.3 is 27.3 Å². The van der Waals surface area contributed by atoms with E-state index >= 15 is 0 Å². The minimum absolute atomic E-state index is 0. The molecule has 0 N–H and O–H groups in total. The van der Waals surface area contributed by atoms with Gasteiger partial charge in [0.25, 0.3) is 0 Å². The third-order valence-corrected chi connectivity index (χ3v) is 5.90. The van der Waals surface area contributed by atoms with Gasteiger partial charge in [-0.1, -0.05) is 146 Å². The van der Waals surface area contributed by atoms with Crippen molar-refractivity contribution in [2.24, 2.45) is 0 Å². The fourth-order valence-corrected chi connectivity index (χ4v) is 3.84. The first-order valence-electron chi connectivity index (χ1n) is 11.6. The Morgan fingerprint density at radius 3 is 0.784 bits per heavy atom. The zero-order valence-corrected chi connectivity index (χ0v) is 26.3. The molecule has 4 nitrogen and oxygen atoms in total. The number of nitrogens with zero attached hydrogens (tertiary/aromatic N) is 2. The summed E-state index contributed by atoms with van der Waals surface area (Å²) in [4.78, 5) is 3.33. The average Bonchev–Trinajstić information content (AvgIpc) is 2.91. The summed E-state index contributed by atoms with van der Waals surface area (Å²) in [6.45, 7) is 2.21. The van der Waals surface area contributed by atoms with Crippen LogP contribution in [0.3, 0.4) is 0 Å². The molecule has 0 heterocycles. The fourth-order valence-electron chi connectivity index (χ4n) is 3.59. The van der Waals surface area contributed by atoms with Crippen LogP contribution < -0.4 is 10.2 Å². The van der Waals surface area contributed by atoms with Crippen LogP contribution in [0, 0.1) is 0 Å². The van der Waals surface area contributed by atoms with Crippen LogP contribution in [0.4, 0.5) is 0 Å². The summed E-state index contributed by atoms with van der Waals surface area (Å²) in [5.41, 5.74) is 4.36. The van der Waals surface area contributed by atoms with Crippen LogP contribution in [0.15, 0.2) is 121 Å². The second-order valence-electron chi connectivity index (χ2n) is 8.19. The van der Waals surface area contributed by atoms with Crippen LogP contribution in [0.1, 0.15) is 22.3 Å². The Balaban J connectivity index is 0.000000253. The van der Waals surface area contributed by atoms with Gasteiger partial charge in [-0.25, -0.2) is 0 Å². The van der Waals surface area contributed by atoms with E-state index in [4.69, 9.17) is 24.4 Å². The van der Waals surface area contributed by atoms with E-state index < -0.39 is 0 Å². The van der Waals surface area contributed by atoms with E-state index in [2.05, 4.69) is 0 Å². The molecular weight excluding hydrogens is 597 g/mol. The first-order valence-corrected chi connectivity index (χ1v) is 12.4. The van der Waals surface area contributed by atoms with Crippen LogP contribution in [0.2, 0.25) is 0 Å². The molecule has 4 rings (SSSR count). The summed E-state index contributed by atoms with van der Waals surface area (Å²) >= 11 is 9.57. The Morgan fingerprint density at radius 1 is 0.432 bits per heavy atom. The standard InChI is InChI=1S/2C15H15NOS.Cd/c2*17-15(18)16(11-13-7-3-1-4-8-13)12-14-9-5-2-6-10-14;/h2*1-10H,11-12H2,(H,17,18);/q;;+2/p-2. The van der Waals surface area contributed by atoms with Crippen LogP contribution in [-0.2, 0) is 53.5 Å². The summed E-state index contributed by atoms with van der Waals surface area (Å²) in [5.74, 6) is 0. The molecule has 0 aliphatic rings. The number of hydrogen-bond donors (Lipinski definition) is 0. The van der Waals surface area contributed by atoms with Gasteiger partial charge in [0.05, 0.1) is 0 Å². The van der Waals surface area contributed by atoms with Crippen molar-refractivity contribution in [3.05, 3.63) is 144 Å². The fraction of sp³-hybridized carbons (Fsp3) is 0.133. The molecule has 0 fully saturated rings.